The lowest BCUT2D eigenvalue weighted by atomic mass is 10.0. The van der Waals surface area contributed by atoms with Crippen LogP contribution in [-0.4, -0.2) is 59.9 Å². The molecule has 0 bridgehead atoms. The molecular formula is C16H27N3O2. The molecule has 3 rings (SSSR count). The standard InChI is InChI=1S/C16H27N3O2/c1-12-4-2-3-8-18(12)9-7-17-16(21)13-10-15(20)19(11-13)14-5-6-14/h12-14H,2-11H2,1H3,(H,17,21)/t12-,13+/m0/s1. The number of rotatable bonds is 5. The topological polar surface area (TPSA) is 52.7 Å². The van der Waals surface area contributed by atoms with Gasteiger partial charge in [0.2, 0.25) is 11.8 Å². The number of piperidine rings is 1. The zero-order valence-electron chi connectivity index (χ0n) is 13.0. The van der Waals surface area contributed by atoms with E-state index in [1.165, 1.54) is 19.3 Å². The van der Waals surface area contributed by atoms with Crippen molar-refractivity contribution in [3.05, 3.63) is 0 Å². The predicted molar refractivity (Wildman–Crippen MR) is 80.7 cm³/mol. The first-order valence-electron chi connectivity index (χ1n) is 8.46. The van der Waals surface area contributed by atoms with Crippen molar-refractivity contribution >= 4 is 11.8 Å². The Morgan fingerprint density at radius 3 is 2.81 bits per heavy atom. The number of carbonyl (C=O) groups is 2. The van der Waals surface area contributed by atoms with Crippen molar-refractivity contribution in [1.29, 1.82) is 0 Å². The van der Waals surface area contributed by atoms with Gasteiger partial charge in [0.15, 0.2) is 0 Å². The van der Waals surface area contributed by atoms with E-state index in [4.69, 9.17) is 0 Å². The van der Waals surface area contributed by atoms with Crippen molar-refractivity contribution in [3.63, 3.8) is 0 Å². The summed E-state index contributed by atoms with van der Waals surface area (Å²) >= 11 is 0. The summed E-state index contributed by atoms with van der Waals surface area (Å²) in [5, 5.41) is 3.03. The van der Waals surface area contributed by atoms with Gasteiger partial charge in [-0.25, -0.2) is 0 Å². The summed E-state index contributed by atoms with van der Waals surface area (Å²) in [6.45, 7) is 5.69. The van der Waals surface area contributed by atoms with E-state index in [-0.39, 0.29) is 17.7 Å². The van der Waals surface area contributed by atoms with Gasteiger partial charge in [-0.3, -0.25) is 14.5 Å². The second-order valence-corrected chi connectivity index (χ2v) is 6.85. The molecule has 2 aliphatic heterocycles. The van der Waals surface area contributed by atoms with E-state index in [0.29, 0.717) is 31.6 Å². The molecule has 0 spiro atoms. The fourth-order valence-corrected chi connectivity index (χ4v) is 3.60. The Labute approximate surface area is 127 Å². The molecule has 5 nitrogen and oxygen atoms in total. The van der Waals surface area contributed by atoms with Crippen molar-refractivity contribution in [1.82, 2.24) is 15.1 Å². The summed E-state index contributed by atoms with van der Waals surface area (Å²) < 4.78 is 0. The highest BCUT2D eigenvalue weighted by molar-refractivity contribution is 5.89. The second kappa shape index (κ2) is 6.34. The van der Waals surface area contributed by atoms with Crippen molar-refractivity contribution in [2.75, 3.05) is 26.2 Å². The lowest BCUT2D eigenvalue weighted by molar-refractivity contribution is -0.129. The van der Waals surface area contributed by atoms with Crippen molar-refractivity contribution in [2.24, 2.45) is 5.92 Å². The van der Waals surface area contributed by atoms with Gasteiger partial charge in [0.1, 0.15) is 0 Å². The predicted octanol–water partition coefficient (Wildman–Crippen LogP) is 0.988. The van der Waals surface area contributed by atoms with Gasteiger partial charge in [-0.2, -0.15) is 0 Å². The lowest BCUT2D eigenvalue weighted by Crippen LogP contribution is -2.43. The van der Waals surface area contributed by atoms with Crippen LogP contribution in [-0.2, 0) is 9.59 Å². The molecule has 0 aromatic carbocycles. The summed E-state index contributed by atoms with van der Waals surface area (Å²) in [6, 6.07) is 1.07. The first-order valence-corrected chi connectivity index (χ1v) is 8.46. The summed E-state index contributed by atoms with van der Waals surface area (Å²) in [7, 11) is 0. The summed E-state index contributed by atoms with van der Waals surface area (Å²) in [5.74, 6) is 0.107. The molecule has 2 amide bonds. The first-order chi connectivity index (χ1) is 10.1. The summed E-state index contributed by atoms with van der Waals surface area (Å²) in [4.78, 5) is 28.4. The smallest absolute Gasteiger partial charge is 0.225 e. The molecule has 118 valence electrons. The van der Waals surface area contributed by atoms with E-state index >= 15 is 0 Å². The van der Waals surface area contributed by atoms with Crippen molar-refractivity contribution < 1.29 is 9.59 Å². The highest BCUT2D eigenvalue weighted by Crippen LogP contribution is 2.32. The fourth-order valence-electron chi connectivity index (χ4n) is 3.60. The third-order valence-corrected chi connectivity index (χ3v) is 5.16. The minimum Gasteiger partial charge on any atom is -0.355 e. The molecule has 2 saturated heterocycles. The molecule has 1 N–H and O–H groups in total. The number of hydrogen-bond acceptors (Lipinski definition) is 3. The Morgan fingerprint density at radius 1 is 1.29 bits per heavy atom. The zero-order valence-corrected chi connectivity index (χ0v) is 13.0. The molecule has 2 heterocycles. The molecule has 3 fully saturated rings. The van der Waals surface area contributed by atoms with Crippen LogP contribution < -0.4 is 5.32 Å². The van der Waals surface area contributed by atoms with E-state index in [0.717, 1.165) is 25.9 Å². The Hall–Kier alpha value is -1.10. The van der Waals surface area contributed by atoms with E-state index in [2.05, 4.69) is 17.1 Å². The highest BCUT2D eigenvalue weighted by atomic mass is 16.2. The van der Waals surface area contributed by atoms with Gasteiger partial charge in [0, 0.05) is 38.1 Å². The normalized spacial score (nSPS) is 30.7. The number of hydrogen-bond donors (Lipinski definition) is 1. The second-order valence-electron chi connectivity index (χ2n) is 6.85. The number of likely N-dealkylation sites (tertiary alicyclic amines) is 2. The summed E-state index contributed by atoms with van der Waals surface area (Å²) in [5.41, 5.74) is 0. The molecule has 0 aromatic rings. The van der Waals surface area contributed by atoms with Gasteiger partial charge in [-0.15, -0.1) is 0 Å². The minimum absolute atomic E-state index is 0.0659. The van der Waals surface area contributed by atoms with E-state index in [1.807, 2.05) is 4.90 Å². The van der Waals surface area contributed by atoms with Crippen LogP contribution in [0, 0.1) is 5.92 Å². The molecule has 0 aromatic heterocycles. The lowest BCUT2D eigenvalue weighted by Gasteiger charge is -2.33. The molecule has 2 atom stereocenters. The average molecular weight is 293 g/mol. The molecule has 5 heteroatoms. The van der Waals surface area contributed by atoms with Crippen LogP contribution in [0.2, 0.25) is 0 Å². The third-order valence-electron chi connectivity index (χ3n) is 5.16. The Bertz CT molecular complexity index is 408. The number of nitrogens with zero attached hydrogens (tertiary/aromatic N) is 2. The van der Waals surface area contributed by atoms with Gasteiger partial charge in [0.05, 0.1) is 5.92 Å². The van der Waals surface area contributed by atoms with Gasteiger partial charge < -0.3 is 10.2 Å². The maximum atomic E-state index is 12.2. The largest absolute Gasteiger partial charge is 0.355 e. The summed E-state index contributed by atoms with van der Waals surface area (Å²) in [6.07, 6.45) is 6.50. The molecule has 0 unspecified atom stereocenters. The van der Waals surface area contributed by atoms with Crippen molar-refractivity contribution in [3.8, 4) is 0 Å². The maximum Gasteiger partial charge on any atom is 0.225 e. The van der Waals surface area contributed by atoms with E-state index < -0.39 is 0 Å². The molecule has 21 heavy (non-hydrogen) atoms. The van der Waals surface area contributed by atoms with Crippen molar-refractivity contribution in [2.45, 2.75) is 57.5 Å². The van der Waals surface area contributed by atoms with Crippen LogP contribution >= 0.6 is 0 Å². The molecule has 1 aliphatic carbocycles. The molecule has 3 aliphatic rings. The van der Waals surface area contributed by atoms with E-state index in [9.17, 15) is 9.59 Å². The quantitative estimate of drug-likeness (QED) is 0.822. The SMILES string of the molecule is C[C@H]1CCCCN1CCNC(=O)[C@@H]1CC(=O)N(C2CC2)C1. The third kappa shape index (κ3) is 3.57. The van der Waals surface area contributed by atoms with Crippen LogP contribution in [0.4, 0.5) is 0 Å². The molecular weight excluding hydrogens is 266 g/mol. The minimum atomic E-state index is -0.128. The van der Waals surface area contributed by atoms with Crippen LogP contribution in [0.1, 0.15) is 45.4 Å². The number of carbonyl (C=O) groups excluding carboxylic acids is 2. The van der Waals surface area contributed by atoms with Gasteiger partial charge in [0.25, 0.3) is 0 Å². The Morgan fingerprint density at radius 2 is 2.10 bits per heavy atom. The van der Waals surface area contributed by atoms with Gasteiger partial charge in [-0.1, -0.05) is 6.42 Å². The molecule has 1 saturated carbocycles. The van der Waals surface area contributed by atoms with Crippen LogP contribution in [0.5, 0.6) is 0 Å². The number of amides is 2. The van der Waals surface area contributed by atoms with Crippen LogP contribution in [0.25, 0.3) is 0 Å². The van der Waals surface area contributed by atoms with Gasteiger partial charge >= 0.3 is 0 Å². The average Bonchev–Trinajstić information content (AvgIpc) is 3.23. The Kier molecular flexibility index (Phi) is 4.48. The van der Waals surface area contributed by atoms with Crippen LogP contribution in [0.15, 0.2) is 0 Å². The highest BCUT2D eigenvalue weighted by Gasteiger charge is 2.41. The Balaban J connectivity index is 1.39. The zero-order chi connectivity index (χ0) is 14.8. The fraction of sp³-hybridized carbons (Fsp3) is 0.875. The molecule has 0 radical (unpaired) electrons. The van der Waals surface area contributed by atoms with E-state index in [1.54, 1.807) is 0 Å². The maximum absolute atomic E-state index is 12.2. The number of nitrogens with one attached hydrogen (secondary N) is 1. The van der Waals surface area contributed by atoms with Gasteiger partial charge in [-0.05, 0) is 39.2 Å². The first kappa shape index (κ1) is 14.8. The monoisotopic (exact) mass is 293 g/mol. The van der Waals surface area contributed by atoms with Crippen LogP contribution in [0.3, 0.4) is 0 Å².